The van der Waals surface area contributed by atoms with Crippen LogP contribution in [0.15, 0.2) is 163 Å². The molecule has 5 aromatic rings. The van der Waals surface area contributed by atoms with E-state index in [0.29, 0.717) is 0 Å². The van der Waals surface area contributed by atoms with Gasteiger partial charge in [-0.15, -0.1) is 0 Å². The molecule has 2 heterocycles. The van der Waals surface area contributed by atoms with E-state index in [0.717, 1.165) is 0 Å². The molecule has 0 spiro atoms. The lowest BCUT2D eigenvalue weighted by atomic mass is 9.17. The molecule has 0 aliphatic carbocycles. The van der Waals surface area contributed by atoms with Crippen molar-refractivity contribution in [3.8, 4) is 0 Å². The third-order valence-corrected chi connectivity index (χ3v) is 10.8. The largest absolute Gasteiger partial charge is 0.347 e. The van der Waals surface area contributed by atoms with Gasteiger partial charge >= 0.3 is 0 Å². The van der Waals surface area contributed by atoms with E-state index >= 15 is 0 Å². The monoisotopic (exact) mass is 614 g/mol. The second kappa shape index (κ2) is 12.7. The lowest BCUT2D eigenvalue weighted by Crippen LogP contribution is -2.64. The van der Waals surface area contributed by atoms with E-state index < -0.39 is 6.15 Å². The highest BCUT2D eigenvalue weighted by Crippen LogP contribution is 2.46. The van der Waals surface area contributed by atoms with Crippen molar-refractivity contribution in [3.05, 3.63) is 175 Å². The molecule has 0 amide bonds. The number of hydrogen-bond acceptors (Lipinski definition) is 1. The first-order valence-corrected chi connectivity index (χ1v) is 16.9. The Bertz CT molecular complexity index is 1850. The molecule has 5 aromatic carbocycles. The molecule has 0 bridgehead atoms. The zero-order valence-corrected chi connectivity index (χ0v) is 29.0. The number of hydrogen-bond donors (Lipinski definition) is 0. The highest BCUT2D eigenvalue weighted by atomic mass is 15.2. The van der Waals surface area contributed by atoms with Gasteiger partial charge in [0.15, 0.2) is 5.71 Å². The van der Waals surface area contributed by atoms with Gasteiger partial charge in [0.1, 0.15) is 7.05 Å². The number of likely N-dealkylation sites (N-methyl/N-ethyl adjacent to an activating group) is 1. The summed E-state index contributed by atoms with van der Waals surface area (Å²) in [6.45, 7) is 11.6. The number of anilines is 1. The van der Waals surface area contributed by atoms with Gasteiger partial charge in [-0.3, -0.25) is 0 Å². The first kappa shape index (κ1) is 32.1. The molecule has 0 fully saturated rings. The van der Waals surface area contributed by atoms with Crippen molar-refractivity contribution in [1.29, 1.82) is 0 Å². The zero-order valence-electron chi connectivity index (χ0n) is 29.0. The van der Waals surface area contributed by atoms with Crippen molar-refractivity contribution >= 4 is 39.6 Å². The predicted octanol–water partition coefficient (Wildman–Crippen LogP) is 8.35. The SMILES string of the molecule is CN1/C(=C/C=C/C2=[N+](C)c3ccccc3C2(C)C)C(C)(C)c2ccccc21.C[B-](c1ccccc1)(c1ccccc1)c1ccccc1. The number of allylic oxidation sites excluding steroid dienone is 4. The van der Waals surface area contributed by atoms with Crippen molar-refractivity contribution < 1.29 is 4.58 Å². The summed E-state index contributed by atoms with van der Waals surface area (Å²) in [6.07, 6.45) is 5.86. The molecule has 0 atom stereocenters. The minimum absolute atomic E-state index is 0.0143. The maximum absolute atomic E-state index is 2.36. The fourth-order valence-electron chi connectivity index (χ4n) is 7.93. The zero-order chi connectivity index (χ0) is 33.2. The number of para-hydroxylation sites is 2. The smallest absolute Gasteiger partial charge is 0.209 e. The number of nitrogens with zero attached hydrogens (tertiary/aromatic N) is 2. The Morgan fingerprint density at radius 1 is 0.574 bits per heavy atom. The maximum atomic E-state index is 2.36. The van der Waals surface area contributed by atoms with E-state index in [2.05, 4.69) is 216 Å². The van der Waals surface area contributed by atoms with Gasteiger partial charge in [0, 0.05) is 41.6 Å². The van der Waals surface area contributed by atoms with E-state index in [1.54, 1.807) is 0 Å². The molecule has 0 aromatic heterocycles. The van der Waals surface area contributed by atoms with Crippen molar-refractivity contribution in [2.24, 2.45) is 0 Å². The molecule has 7 rings (SSSR count). The normalized spacial score (nSPS) is 17.0. The topological polar surface area (TPSA) is 6.25 Å². The second-order valence-electron chi connectivity index (χ2n) is 14.2. The molecule has 0 radical (unpaired) electrons. The van der Waals surface area contributed by atoms with E-state index in [1.807, 2.05) is 0 Å². The van der Waals surface area contributed by atoms with Gasteiger partial charge in [0.2, 0.25) is 5.69 Å². The number of benzene rings is 5. The van der Waals surface area contributed by atoms with Crippen LogP contribution < -0.4 is 21.3 Å². The van der Waals surface area contributed by atoms with Crippen molar-refractivity contribution in [2.45, 2.75) is 45.3 Å². The summed E-state index contributed by atoms with van der Waals surface area (Å²) in [5.41, 5.74) is 12.2. The fraction of sp³-hybridized carbons (Fsp3) is 0.205. The van der Waals surface area contributed by atoms with Crippen LogP contribution in [0, 0.1) is 0 Å². The van der Waals surface area contributed by atoms with E-state index in [-0.39, 0.29) is 10.8 Å². The molecule has 2 aliphatic heterocycles. The first-order valence-electron chi connectivity index (χ1n) is 16.9. The van der Waals surface area contributed by atoms with Crippen molar-refractivity contribution in [2.75, 3.05) is 19.0 Å². The molecular formula is C44H47BN2. The van der Waals surface area contributed by atoms with Gasteiger partial charge in [-0.1, -0.05) is 147 Å². The Labute approximate surface area is 282 Å². The average molecular weight is 615 g/mol. The Balaban J connectivity index is 0.000000172. The predicted molar refractivity (Wildman–Crippen MR) is 205 cm³/mol. The first-order chi connectivity index (χ1) is 22.6. The molecule has 0 unspecified atom stereocenters. The molecular weight excluding hydrogens is 567 g/mol. The number of fused-ring (bicyclic) bond motifs is 2. The standard InChI is InChI=1S/C25H29N2.C19H18B/c1-24(2)18-12-7-9-14-20(18)26(5)22(24)16-11-17-23-25(3,4)19-13-8-10-15-21(19)27(23)6;1-20(17-11-5-2-6-12-17,18-13-7-3-8-14-18)19-15-9-4-10-16-19/h7-17H,1-6H3;2-16H,1H3/q+1;-1. The van der Waals surface area contributed by atoms with Crippen LogP contribution in [0.4, 0.5) is 11.4 Å². The summed E-state index contributed by atoms with van der Waals surface area (Å²) in [5.74, 6) is 0. The number of rotatable bonds is 5. The van der Waals surface area contributed by atoms with E-state index in [9.17, 15) is 0 Å². The lowest BCUT2D eigenvalue weighted by Gasteiger charge is -2.39. The van der Waals surface area contributed by atoms with Gasteiger partial charge in [-0.2, -0.15) is 11.4 Å². The van der Waals surface area contributed by atoms with Crippen LogP contribution in [-0.4, -0.2) is 30.5 Å². The van der Waals surface area contributed by atoms with Crippen LogP contribution in [0.25, 0.3) is 0 Å². The minimum atomic E-state index is -0.912. The Morgan fingerprint density at radius 3 is 1.51 bits per heavy atom. The third-order valence-electron chi connectivity index (χ3n) is 10.8. The quantitative estimate of drug-likeness (QED) is 0.143. The van der Waals surface area contributed by atoms with Crippen molar-refractivity contribution in [3.63, 3.8) is 0 Å². The molecule has 47 heavy (non-hydrogen) atoms. The summed E-state index contributed by atoms with van der Waals surface area (Å²) >= 11 is 0. The van der Waals surface area contributed by atoms with Crippen molar-refractivity contribution in [1.82, 2.24) is 0 Å². The maximum Gasteiger partial charge on any atom is 0.209 e. The van der Waals surface area contributed by atoms with Crippen LogP contribution in [0.5, 0.6) is 0 Å². The van der Waals surface area contributed by atoms with Gasteiger partial charge < -0.3 is 4.90 Å². The lowest BCUT2D eigenvalue weighted by molar-refractivity contribution is -0.401. The molecule has 2 nitrogen and oxygen atoms in total. The van der Waals surface area contributed by atoms with Gasteiger partial charge in [0.05, 0.1) is 11.6 Å². The van der Waals surface area contributed by atoms with Crippen LogP contribution in [0.2, 0.25) is 6.82 Å². The molecule has 236 valence electrons. The van der Waals surface area contributed by atoms with Crippen LogP contribution in [0.1, 0.15) is 38.8 Å². The summed E-state index contributed by atoms with van der Waals surface area (Å²) in [7, 11) is 4.34. The van der Waals surface area contributed by atoms with Gasteiger partial charge in [-0.25, -0.2) is 16.4 Å². The van der Waals surface area contributed by atoms with Crippen LogP contribution in [-0.2, 0) is 10.8 Å². The summed E-state index contributed by atoms with van der Waals surface area (Å²) in [5, 5.41) is 0. The second-order valence-corrected chi connectivity index (χ2v) is 14.2. The van der Waals surface area contributed by atoms with Gasteiger partial charge in [0.25, 0.3) is 0 Å². The Hall–Kier alpha value is -4.89. The summed E-state index contributed by atoms with van der Waals surface area (Å²) in [6, 6.07) is 49.8. The molecule has 3 heteroatoms. The molecule has 2 aliphatic rings. The van der Waals surface area contributed by atoms with Crippen LogP contribution >= 0.6 is 0 Å². The summed E-state index contributed by atoms with van der Waals surface area (Å²) in [4.78, 5) is 2.32. The minimum Gasteiger partial charge on any atom is -0.347 e. The molecule has 0 saturated carbocycles. The molecule has 0 saturated heterocycles. The fourth-order valence-corrected chi connectivity index (χ4v) is 7.93. The van der Waals surface area contributed by atoms with Gasteiger partial charge in [-0.05, 0) is 31.6 Å². The highest BCUT2D eigenvalue weighted by Gasteiger charge is 2.42. The Morgan fingerprint density at radius 2 is 1.02 bits per heavy atom. The van der Waals surface area contributed by atoms with Crippen LogP contribution in [0.3, 0.4) is 0 Å². The average Bonchev–Trinajstić information content (AvgIpc) is 3.43. The highest BCUT2D eigenvalue weighted by molar-refractivity contribution is 7.10. The third kappa shape index (κ3) is 5.69. The van der Waals surface area contributed by atoms with E-state index in [1.165, 1.54) is 50.3 Å². The van der Waals surface area contributed by atoms with E-state index in [4.69, 9.17) is 0 Å². The molecule has 0 N–H and O–H groups in total. The summed E-state index contributed by atoms with van der Waals surface area (Å²) < 4.78 is 2.32. The Kier molecular flexibility index (Phi) is 8.68.